The van der Waals surface area contributed by atoms with Gasteiger partial charge in [0.25, 0.3) is 0 Å². The maximum absolute atomic E-state index is 13.4. The fourth-order valence-electron chi connectivity index (χ4n) is 4.53. The van der Waals surface area contributed by atoms with E-state index in [4.69, 9.17) is 19.6 Å². The van der Waals surface area contributed by atoms with Gasteiger partial charge in [-0.3, -0.25) is 4.79 Å². The second-order valence-corrected chi connectivity index (χ2v) is 8.74. The lowest BCUT2D eigenvalue weighted by molar-refractivity contribution is -0.121. The van der Waals surface area contributed by atoms with Gasteiger partial charge in [0, 0.05) is 29.9 Å². The summed E-state index contributed by atoms with van der Waals surface area (Å²) < 4.78 is 25.9. The van der Waals surface area contributed by atoms with Gasteiger partial charge in [-0.15, -0.1) is 0 Å². The summed E-state index contributed by atoms with van der Waals surface area (Å²) in [5.41, 5.74) is 7.09. The summed E-state index contributed by atoms with van der Waals surface area (Å²) in [6.07, 6.45) is 1.53. The van der Waals surface area contributed by atoms with Crippen molar-refractivity contribution in [1.29, 1.82) is 0 Å². The van der Waals surface area contributed by atoms with Crippen molar-refractivity contribution < 1.29 is 18.7 Å². The molecule has 0 aliphatic heterocycles. The van der Waals surface area contributed by atoms with E-state index in [9.17, 15) is 9.18 Å². The molecule has 2 aromatic carbocycles. The molecule has 0 fully saturated rings. The first-order valence-electron chi connectivity index (χ1n) is 11.9. The molecule has 0 aliphatic rings. The fourth-order valence-corrected chi connectivity index (χ4v) is 4.53. The molecule has 188 valence electrons. The van der Waals surface area contributed by atoms with E-state index in [1.807, 2.05) is 43.5 Å². The number of hydrogen-bond acceptors (Lipinski definition) is 5. The molecule has 7 nitrogen and oxygen atoms in total. The van der Waals surface area contributed by atoms with Gasteiger partial charge < -0.3 is 14.8 Å². The number of amides is 1. The quantitative estimate of drug-likeness (QED) is 0.366. The highest BCUT2D eigenvalue weighted by Crippen LogP contribution is 2.29. The molecule has 0 atom stereocenters. The van der Waals surface area contributed by atoms with Crippen LogP contribution in [0.25, 0.3) is 16.8 Å². The monoisotopic (exact) mass is 490 g/mol. The van der Waals surface area contributed by atoms with Gasteiger partial charge in [-0.05, 0) is 80.6 Å². The van der Waals surface area contributed by atoms with Crippen LogP contribution in [-0.2, 0) is 17.6 Å². The van der Waals surface area contributed by atoms with Gasteiger partial charge in [0.2, 0.25) is 5.91 Å². The molecule has 4 aromatic rings. The SMILES string of the molecule is COc1ccc(OC)c(CCNC(=O)CCc2c(C)nc3c(-c4ccc(F)cc4)c(C)nn3c2C)c1. The Morgan fingerprint density at radius 2 is 1.75 bits per heavy atom. The Kier molecular flexibility index (Phi) is 7.52. The van der Waals surface area contributed by atoms with Crippen LogP contribution in [0.15, 0.2) is 42.5 Å². The number of nitrogens with one attached hydrogen (secondary N) is 1. The molecule has 4 rings (SSSR count). The second-order valence-electron chi connectivity index (χ2n) is 8.74. The number of fused-ring (bicyclic) bond motifs is 1. The van der Waals surface area contributed by atoms with Crippen LogP contribution in [0, 0.1) is 26.6 Å². The van der Waals surface area contributed by atoms with Gasteiger partial charge >= 0.3 is 0 Å². The number of hydrogen-bond donors (Lipinski definition) is 1. The van der Waals surface area contributed by atoms with Crippen molar-refractivity contribution in [3.8, 4) is 22.6 Å². The van der Waals surface area contributed by atoms with Crippen molar-refractivity contribution in [2.75, 3.05) is 20.8 Å². The van der Waals surface area contributed by atoms with Crippen molar-refractivity contribution in [3.05, 3.63) is 76.5 Å². The van der Waals surface area contributed by atoms with E-state index in [0.29, 0.717) is 25.8 Å². The Bertz CT molecular complexity index is 1400. The van der Waals surface area contributed by atoms with Crippen LogP contribution < -0.4 is 14.8 Å². The van der Waals surface area contributed by atoms with Gasteiger partial charge in [0.05, 0.1) is 19.9 Å². The summed E-state index contributed by atoms with van der Waals surface area (Å²) in [6.45, 7) is 6.36. The number of aryl methyl sites for hydroxylation is 3. The van der Waals surface area contributed by atoms with Crippen molar-refractivity contribution in [2.24, 2.45) is 0 Å². The molecule has 0 unspecified atom stereocenters. The average Bonchev–Trinajstić information content (AvgIpc) is 3.20. The third kappa shape index (κ3) is 5.17. The minimum Gasteiger partial charge on any atom is -0.497 e. The molecule has 36 heavy (non-hydrogen) atoms. The molecule has 0 bridgehead atoms. The molecule has 0 aliphatic carbocycles. The van der Waals surface area contributed by atoms with Crippen LogP contribution >= 0.6 is 0 Å². The highest BCUT2D eigenvalue weighted by Gasteiger charge is 2.18. The van der Waals surface area contributed by atoms with Crippen molar-refractivity contribution in [3.63, 3.8) is 0 Å². The van der Waals surface area contributed by atoms with Crippen LogP contribution in [0.3, 0.4) is 0 Å². The molecule has 8 heteroatoms. The van der Waals surface area contributed by atoms with Crippen molar-refractivity contribution in [1.82, 2.24) is 19.9 Å². The average molecular weight is 491 g/mol. The molecule has 0 radical (unpaired) electrons. The van der Waals surface area contributed by atoms with Crippen LogP contribution in [0.2, 0.25) is 0 Å². The molecular formula is C28H31FN4O3. The highest BCUT2D eigenvalue weighted by atomic mass is 19.1. The molecule has 2 heterocycles. The molecular weight excluding hydrogens is 459 g/mol. The number of benzene rings is 2. The number of rotatable bonds is 9. The predicted octanol–water partition coefficient (Wildman–Crippen LogP) is 4.77. The zero-order valence-corrected chi connectivity index (χ0v) is 21.3. The van der Waals surface area contributed by atoms with Gasteiger partial charge in [-0.2, -0.15) is 5.10 Å². The van der Waals surface area contributed by atoms with E-state index in [0.717, 1.165) is 56.5 Å². The number of nitrogens with zero attached hydrogens (tertiary/aromatic N) is 3. The smallest absolute Gasteiger partial charge is 0.220 e. The summed E-state index contributed by atoms with van der Waals surface area (Å²) in [7, 11) is 3.25. The van der Waals surface area contributed by atoms with Gasteiger partial charge in [-0.25, -0.2) is 13.9 Å². The summed E-state index contributed by atoms with van der Waals surface area (Å²) in [6, 6.07) is 12.0. The number of methoxy groups -OCH3 is 2. The molecule has 1 amide bonds. The molecule has 0 saturated heterocycles. The van der Waals surface area contributed by atoms with E-state index in [1.165, 1.54) is 12.1 Å². The van der Waals surface area contributed by atoms with E-state index in [1.54, 1.807) is 26.4 Å². The first kappa shape index (κ1) is 25.2. The zero-order valence-electron chi connectivity index (χ0n) is 21.3. The Morgan fingerprint density at radius 1 is 1.00 bits per heavy atom. The molecule has 2 aromatic heterocycles. The lowest BCUT2D eigenvalue weighted by Crippen LogP contribution is -2.26. The Hall–Kier alpha value is -3.94. The zero-order chi connectivity index (χ0) is 25.8. The van der Waals surface area contributed by atoms with Gasteiger partial charge in [0.1, 0.15) is 17.3 Å². The second kappa shape index (κ2) is 10.8. The number of halogens is 1. The first-order valence-corrected chi connectivity index (χ1v) is 11.9. The maximum Gasteiger partial charge on any atom is 0.220 e. The molecule has 0 saturated carbocycles. The number of carbonyl (C=O) groups excluding carboxylic acids is 1. The lowest BCUT2D eigenvalue weighted by Gasteiger charge is -2.13. The van der Waals surface area contributed by atoms with E-state index >= 15 is 0 Å². The normalized spacial score (nSPS) is 11.1. The highest BCUT2D eigenvalue weighted by molar-refractivity contribution is 5.80. The fraction of sp³-hybridized carbons (Fsp3) is 0.321. The summed E-state index contributed by atoms with van der Waals surface area (Å²) in [4.78, 5) is 17.4. The largest absolute Gasteiger partial charge is 0.497 e. The minimum atomic E-state index is -0.281. The third-order valence-corrected chi connectivity index (χ3v) is 6.44. The molecule has 1 N–H and O–H groups in total. The lowest BCUT2D eigenvalue weighted by atomic mass is 10.0. The van der Waals surface area contributed by atoms with Crippen molar-refractivity contribution in [2.45, 2.75) is 40.0 Å². The third-order valence-electron chi connectivity index (χ3n) is 6.44. The van der Waals surface area contributed by atoms with Crippen LogP contribution in [0.4, 0.5) is 4.39 Å². The predicted molar refractivity (Wildman–Crippen MR) is 137 cm³/mol. The summed E-state index contributed by atoms with van der Waals surface area (Å²) in [5, 5.41) is 7.69. The van der Waals surface area contributed by atoms with E-state index in [2.05, 4.69) is 5.32 Å². The Labute approximate surface area is 210 Å². The first-order chi connectivity index (χ1) is 17.3. The number of carbonyl (C=O) groups is 1. The van der Waals surface area contributed by atoms with E-state index < -0.39 is 0 Å². The standard InChI is InChI=1S/C28H31FN4O3/c1-17-24(11-13-26(34)30-15-14-21-16-23(35-4)10-12-25(21)36-5)19(3)33-28(31-17)27(18(2)32-33)20-6-8-22(29)9-7-20/h6-10,12,16H,11,13-15H2,1-5H3,(H,30,34). The Morgan fingerprint density at radius 3 is 2.44 bits per heavy atom. The van der Waals surface area contributed by atoms with Gasteiger partial charge in [-0.1, -0.05) is 12.1 Å². The minimum absolute atomic E-state index is 0.0283. The van der Waals surface area contributed by atoms with Gasteiger partial charge in [0.15, 0.2) is 5.65 Å². The number of ether oxygens (including phenoxy) is 2. The summed E-state index contributed by atoms with van der Waals surface area (Å²) in [5.74, 6) is 1.21. The van der Waals surface area contributed by atoms with Crippen LogP contribution in [0.5, 0.6) is 11.5 Å². The molecule has 0 spiro atoms. The maximum atomic E-state index is 13.4. The topological polar surface area (TPSA) is 77.8 Å². The van der Waals surface area contributed by atoms with Crippen LogP contribution in [0.1, 0.15) is 34.6 Å². The van der Waals surface area contributed by atoms with Crippen molar-refractivity contribution >= 4 is 11.6 Å². The van der Waals surface area contributed by atoms with Crippen LogP contribution in [-0.4, -0.2) is 41.3 Å². The Balaban J connectivity index is 1.44. The number of aromatic nitrogens is 3. The van der Waals surface area contributed by atoms with E-state index in [-0.39, 0.29) is 11.7 Å². The summed E-state index contributed by atoms with van der Waals surface area (Å²) >= 11 is 0.